The maximum absolute atomic E-state index is 12.8. The molecule has 2 aromatic rings. The minimum atomic E-state index is -5.08. The van der Waals surface area contributed by atoms with E-state index >= 15 is 0 Å². The van der Waals surface area contributed by atoms with Gasteiger partial charge >= 0.3 is 24.3 Å². The minimum Gasteiger partial charge on any atom is -0.475 e. The fraction of sp³-hybridized carbons (Fsp3) is 0.435. The van der Waals surface area contributed by atoms with Crippen molar-refractivity contribution in [2.24, 2.45) is 0 Å². The molecule has 1 unspecified atom stereocenters. The molecule has 2 aromatic heterocycles. The predicted octanol–water partition coefficient (Wildman–Crippen LogP) is 2.01. The van der Waals surface area contributed by atoms with E-state index in [2.05, 4.69) is 19.9 Å². The second kappa shape index (κ2) is 12.9. The Bertz CT molecular complexity index is 1220. The highest BCUT2D eigenvalue weighted by Gasteiger charge is 2.49. The van der Waals surface area contributed by atoms with Gasteiger partial charge in [0.15, 0.2) is 0 Å². The molecule has 4 heterocycles. The van der Waals surface area contributed by atoms with Crippen LogP contribution < -0.4 is 4.90 Å². The van der Waals surface area contributed by atoms with Gasteiger partial charge in [0.2, 0.25) is 5.91 Å². The number of alkyl halides is 6. The minimum absolute atomic E-state index is 0.0466. The molecule has 41 heavy (non-hydrogen) atoms. The Morgan fingerprint density at radius 3 is 2.00 bits per heavy atom. The first-order chi connectivity index (χ1) is 18.9. The summed E-state index contributed by atoms with van der Waals surface area (Å²) >= 11 is 0. The van der Waals surface area contributed by atoms with Crippen LogP contribution in [-0.4, -0.2) is 110 Å². The summed E-state index contributed by atoms with van der Waals surface area (Å²) < 4.78 is 63.5. The molecule has 18 heteroatoms. The lowest BCUT2D eigenvalue weighted by molar-refractivity contribution is -0.193. The average molecular weight is 594 g/mol. The van der Waals surface area contributed by atoms with Gasteiger partial charge in [-0.15, -0.1) is 0 Å². The van der Waals surface area contributed by atoms with Crippen molar-refractivity contribution in [1.82, 2.24) is 24.8 Å². The van der Waals surface area contributed by atoms with Gasteiger partial charge in [-0.05, 0) is 32.5 Å². The van der Waals surface area contributed by atoms with Gasteiger partial charge in [-0.2, -0.15) is 26.3 Å². The molecule has 2 aliphatic heterocycles. The number of aryl methyl sites for hydroxylation is 1. The maximum Gasteiger partial charge on any atom is 0.490 e. The Hall–Kier alpha value is -4.35. The van der Waals surface area contributed by atoms with Crippen molar-refractivity contribution < 1.29 is 55.7 Å². The first-order valence-electron chi connectivity index (χ1n) is 11.5. The van der Waals surface area contributed by atoms with E-state index in [1.165, 1.54) is 6.20 Å². The van der Waals surface area contributed by atoms with Gasteiger partial charge in [0.25, 0.3) is 5.91 Å². The number of likely N-dealkylation sites (N-methyl/N-ethyl adjacent to an activating group) is 1. The number of pyridine rings is 1. The smallest absolute Gasteiger partial charge is 0.475 e. The second-order valence-electron chi connectivity index (χ2n) is 8.90. The van der Waals surface area contributed by atoms with Crippen LogP contribution in [0.5, 0.6) is 0 Å². The highest BCUT2D eigenvalue weighted by Crippen LogP contribution is 2.33. The number of carbonyl (C=O) groups excluding carboxylic acids is 2. The van der Waals surface area contributed by atoms with E-state index in [9.17, 15) is 35.9 Å². The summed E-state index contributed by atoms with van der Waals surface area (Å²) in [6.07, 6.45) is -2.83. The third kappa shape index (κ3) is 8.82. The monoisotopic (exact) mass is 594 g/mol. The van der Waals surface area contributed by atoms with Crippen molar-refractivity contribution >= 4 is 29.4 Å². The first-order valence-corrected chi connectivity index (χ1v) is 11.5. The normalized spacial score (nSPS) is 19.2. The average Bonchev–Trinajstić information content (AvgIpc) is 3.32. The number of hydrogen-bond donors (Lipinski definition) is 2. The molecule has 1 spiro atoms. The molecule has 1 atom stereocenters. The fourth-order valence-electron chi connectivity index (χ4n) is 3.84. The number of aliphatic carboxylic acids is 2. The summed E-state index contributed by atoms with van der Waals surface area (Å²) in [5.41, 5.74) is 1.67. The van der Waals surface area contributed by atoms with Crippen LogP contribution in [0.1, 0.15) is 22.6 Å². The first kappa shape index (κ1) is 32.9. The molecule has 2 amide bonds. The fourth-order valence-corrected chi connectivity index (χ4v) is 3.84. The van der Waals surface area contributed by atoms with Crippen LogP contribution >= 0.6 is 0 Å². The number of hydrogen-bond acceptors (Lipinski definition) is 8. The predicted molar refractivity (Wildman–Crippen MR) is 127 cm³/mol. The number of halogens is 6. The molecule has 0 aliphatic carbocycles. The Balaban J connectivity index is 0.000000349. The highest BCUT2D eigenvalue weighted by molar-refractivity contribution is 5.96. The summed E-state index contributed by atoms with van der Waals surface area (Å²) in [7, 11) is 1.96. The van der Waals surface area contributed by atoms with Gasteiger partial charge in [-0.1, -0.05) is 0 Å². The van der Waals surface area contributed by atoms with Crippen LogP contribution in [0.25, 0.3) is 0 Å². The van der Waals surface area contributed by atoms with Crippen LogP contribution in [-0.2, 0) is 14.4 Å². The van der Waals surface area contributed by atoms with Crippen molar-refractivity contribution in [2.75, 3.05) is 38.1 Å². The molecule has 2 aliphatic rings. The lowest BCUT2D eigenvalue weighted by atomic mass is 9.92. The number of likely N-dealkylation sites (tertiary alicyclic amines) is 1. The van der Waals surface area contributed by atoms with E-state index in [1.807, 2.05) is 31.0 Å². The van der Waals surface area contributed by atoms with Crippen molar-refractivity contribution in [3.05, 3.63) is 48.3 Å². The molecule has 0 radical (unpaired) electrons. The molecule has 2 N–H and O–H groups in total. The number of amides is 2. The molecule has 2 saturated heterocycles. The third-order valence-electron chi connectivity index (χ3n) is 6.00. The number of carbonyl (C=O) groups is 4. The van der Waals surface area contributed by atoms with Crippen molar-refractivity contribution in [3.8, 4) is 0 Å². The lowest BCUT2D eigenvalue weighted by Gasteiger charge is -2.46. The van der Waals surface area contributed by atoms with Crippen LogP contribution in [0, 0.1) is 6.92 Å². The zero-order valence-corrected chi connectivity index (χ0v) is 21.5. The van der Waals surface area contributed by atoms with Gasteiger partial charge in [0, 0.05) is 32.0 Å². The number of rotatable bonds is 2. The standard InChI is InChI=1S/C19H22N6O2.2C2HF3O2/c1-14-8-22-16(10-21-14)18(27)24-7-5-19(12-24)13-25(17(26)11-23(19)2)15-4-3-6-20-9-15;2*3-2(4,5)1(6)7/h3-4,6,8-10H,5,7,11-13H2,1-2H3;2*(H,6,7). The third-order valence-corrected chi connectivity index (χ3v) is 6.00. The number of aromatic nitrogens is 3. The molecule has 0 bridgehead atoms. The van der Waals surface area contributed by atoms with Crippen molar-refractivity contribution in [2.45, 2.75) is 31.2 Å². The van der Waals surface area contributed by atoms with E-state index < -0.39 is 24.3 Å². The molecule has 0 saturated carbocycles. The largest absolute Gasteiger partial charge is 0.490 e. The quantitative estimate of drug-likeness (QED) is 0.493. The van der Waals surface area contributed by atoms with E-state index in [1.54, 1.807) is 23.5 Å². The maximum atomic E-state index is 12.8. The van der Waals surface area contributed by atoms with E-state index in [0.717, 1.165) is 17.8 Å². The van der Waals surface area contributed by atoms with Gasteiger partial charge in [-0.3, -0.25) is 24.5 Å². The summed E-state index contributed by atoms with van der Waals surface area (Å²) in [5.74, 6) is -5.58. The molecule has 224 valence electrons. The molecule has 2 fully saturated rings. The number of carboxylic acids is 2. The van der Waals surface area contributed by atoms with Gasteiger partial charge in [0.1, 0.15) is 5.69 Å². The van der Waals surface area contributed by atoms with Gasteiger partial charge < -0.3 is 20.0 Å². The number of carboxylic acid groups (broad SMARTS) is 2. The zero-order valence-electron chi connectivity index (χ0n) is 21.5. The van der Waals surface area contributed by atoms with Crippen LogP contribution in [0.2, 0.25) is 0 Å². The number of nitrogens with zero attached hydrogens (tertiary/aromatic N) is 6. The molecular weight excluding hydrogens is 570 g/mol. The number of anilines is 1. The van der Waals surface area contributed by atoms with E-state index in [-0.39, 0.29) is 17.4 Å². The van der Waals surface area contributed by atoms with Gasteiger partial charge in [-0.25, -0.2) is 14.6 Å². The lowest BCUT2D eigenvalue weighted by Crippen LogP contribution is -2.64. The summed E-state index contributed by atoms with van der Waals surface area (Å²) in [5, 5.41) is 14.2. The van der Waals surface area contributed by atoms with Gasteiger partial charge in [0.05, 0.1) is 35.9 Å². The van der Waals surface area contributed by atoms with Crippen molar-refractivity contribution in [3.63, 3.8) is 0 Å². The van der Waals surface area contributed by atoms with Crippen LogP contribution in [0.15, 0.2) is 36.9 Å². The summed E-state index contributed by atoms with van der Waals surface area (Å²) in [6.45, 7) is 3.89. The molecule has 4 rings (SSSR count). The number of piperazine rings is 1. The highest BCUT2D eigenvalue weighted by atomic mass is 19.4. The Morgan fingerprint density at radius 1 is 0.951 bits per heavy atom. The van der Waals surface area contributed by atoms with Crippen LogP contribution in [0.4, 0.5) is 32.0 Å². The van der Waals surface area contributed by atoms with Crippen LogP contribution in [0.3, 0.4) is 0 Å². The molecular formula is C23H24F6N6O6. The zero-order chi connectivity index (χ0) is 31.2. The Morgan fingerprint density at radius 2 is 1.54 bits per heavy atom. The second-order valence-corrected chi connectivity index (χ2v) is 8.90. The van der Waals surface area contributed by atoms with E-state index in [4.69, 9.17) is 19.8 Å². The Labute approximate surface area is 228 Å². The summed E-state index contributed by atoms with van der Waals surface area (Å²) in [4.78, 5) is 61.4. The topological polar surface area (TPSA) is 157 Å². The molecule has 0 aromatic carbocycles. The van der Waals surface area contributed by atoms with Crippen molar-refractivity contribution in [1.29, 1.82) is 0 Å². The summed E-state index contributed by atoms with van der Waals surface area (Å²) in [6, 6.07) is 3.72. The Kier molecular flexibility index (Phi) is 10.3. The van der Waals surface area contributed by atoms with E-state index in [0.29, 0.717) is 31.9 Å². The molecule has 12 nitrogen and oxygen atoms in total. The SMILES string of the molecule is Cc1cnc(C(=O)N2CCC3(C2)CN(c2cccnc2)C(=O)CN3C)cn1.O=C(O)C(F)(F)F.O=C(O)C(F)(F)F.